The number of hydrogen-bond acceptors (Lipinski definition) is 5. The first-order valence-corrected chi connectivity index (χ1v) is 11.2. The number of aromatic amines is 1. The van der Waals surface area contributed by atoms with Crippen LogP contribution in [0.1, 0.15) is 12.7 Å². The minimum atomic E-state index is -0.462. The predicted molar refractivity (Wildman–Crippen MR) is 129 cm³/mol. The van der Waals surface area contributed by atoms with Crippen molar-refractivity contribution in [2.45, 2.75) is 18.4 Å². The topological polar surface area (TPSA) is 93.5 Å². The van der Waals surface area contributed by atoms with Crippen molar-refractivity contribution in [2.75, 3.05) is 6.54 Å². The molecular formula is C25H24N4O3S. The second-order valence-corrected chi connectivity index (χ2v) is 8.15. The van der Waals surface area contributed by atoms with Crippen LogP contribution in [0.25, 0.3) is 11.3 Å². The number of carbonyl (C=O) groups is 1. The van der Waals surface area contributed by atoms with Crippen LogP contribution >= 0.6 is 11.9 Å². The normalized spacial score (nSPS) is 10.6. The Morgan fingerprint density at radius 1 is 0.970 bits per heavy atom. The van der Waals surface area contributed by atoms with E-state index in [1.54, 1.807) is 0 Å². The summed E-state index contributed by atoms with van der Waals surface area (Å²) in [6.07, 6.45) is 1.86. The standard InChI is InChI=1S/C25H24N4O3S/c1-2-29(25(26)30)33-22-14-12-21(13-15-22)32-20-10-8-18(9-11-20)23-16-27-24(28-23)17-31-19-6-4-3-5-7-19/h3-16H,2,17H2,1H3,(H2,26,30)(H,27,28). The second-order valence-electron chi connectivity index (χ2n) is 7.06. The molecule has 4 rings (SSSR count). The van der Waals surface area contributed by atoms with Crippen LogP contribution in [0.5, 0.6) is 17.2 Å². The van der Waals surface area contributed by atoms with E-state index in [1.807, 2.05) is 92.0 Å². The molecule has 0 spiro atoms. The van der Waals surface area contributed by atoms with Crippen LogP contribution in [0, 0.1) is 0 Å². The predicted octanol–water partition coefficient (Wildman–Crippen LogP) is 5.86. The van der Waals surface area contributed by atoms with Crippen molar-refractivity contribution >= 4 is 18.0 Å². The molecule has 1 heterocycles. The highest BCUT2D eigenvalue weighted by Crippen LogP contribution is 2.28. The third kappa shape index (κ3) is 6.08. The van der Waals surface area contributed by atoms with Crippen molar-refractivity contribution in [3.63, 3.8) is 0 Å². The Balaban J connectivity index is 1.34. The highest BCUT2D eigenvalue weighted by Gasteiger charge is 2.10. The van der Waals surface area contributed by atoms with E-state index in [1.165, 1.54) is 16.3 Å². The van der Waals surface area contributed by atoms with Crippen LogP contribution in [-0.4, -0.2) is 26.8 Å². The van der Waals surface area contributed by atoms with Gasteiger partial charge in [-0.15, -0.1) is 0 Å². The molecule has 168 valence electrons. The number of carbonyl (C=O) groups excluding carboxylic acids is 1. The zero-order valence-corrected chi connectivity index (χ0v) is 18.9. The Labute approximate surface area is 196 Å². The number of aromatic nitrogens is 2. The van der Waals surface area contributed by atoms with Crippen molar-refractivity contribution < 1.29 is 14.3 Å². The summed E-state index contributed by atoms with van der Waals surface area (Å²) in [5.41, 5.74) is 7.16. The minimum absolute atomic E-state index is 0.370. The van der Waals surface area contributed by atoms with Crippen molar-refractivity contribution in [2.24, 2.45) is 5.73 Å². The Kier molecular flexibility index (Phi) is 7.16. The highest BCUT2D eigenvalue weighted by atomic mass is 32.2. The van der Waals surface area contributed by atoms with Crippen LogP contribution in [0.3, 0.4) is 0 Å². The van der Waals surface area contributed by atoms with Crippen LogP contribution in [-0.2, 0) is 6.61 Å². The van der Waals surface area contributed by atoms with E-state index >= 15 is 0 Å². The van der Waals surface area contributed by atoms with Gasteiger partial charge in [-0.3, -0.25) is 4.31 Å². The van der Waals surface area contributed by atoms with Gasteiger partial charge >= 0.3 is 6.03 Å². The largest absolute Gasteiger partial charge is 0.486 e. The molecule has 1 aromatic heterocycles. The number of nitrogens with one attached hydrogen (secondary N) is 1. The van der Waals surface area contributed by atoms with Gasteiger partial charge in [0.05, 0.1) is 5.69 Å². The second kappa shape index (κ2) is 10.6. The summed E-state index contributed by atoms with van der Waals surface area (Å²) in [6.45, 7) is 2.78. The fourth-order valence-electron chi connectivity index (χ4n) is 3.04. The van der Waals surface area contributed by atoms with Crippen molar-refractivity contribution in [1.82, 2.24) is 14.3 Å². The number of nitrogens with two attached hydrogens (primary N) is 1. The molecule has 0 saturated carbocycles. The number of primary amides is 1. The number of rotatable bonds is 9. The molecule has 0 aliphatic heterocycles. The third-order valence-electron chi connectivity index (χ3n) is 4.71. The summed E-state index contributed by atoms with van der Waals surface area (Å²) in [5.74, 6) is 2.98. The molecule has 0 unspecified atom stereocenters. The van der Waals surface area contributed by atoms with E-state index in [9.17, 15) is 4.79 Å². The number of ether oxygens (including phenoxy) is 2. The van der Waals surface area contributed by atoms with Crippen LogP contribution in [0.4, 0.5) is 4.79 Å². The van der Waals surface area contributed by atoms with E-state index < -0.39 is 6.03 Å². The molecule has 8 heteroatoms. The molecule has 0 aliphatic rings. The lowest BCUT2D eigenvalue weighted by atomic mass is 10.1. The third-order valence-corrected chi connectivity index (χ3v) is 5.85. The van der Waals surface area contributed by atoms with Crippen molar-refractivity contribution in [3.8, 4) is 28.5 Å². The van der Waals surface area contributed by atoms with Gasteiger partial charge in [-0.1, -0.05) is 18.2 Å². The fourth-order valence-corrected chi connectivity index (χ4v) is 3.77. The van der Waals surface area contributed by atoms with Gasteiger partial charge in [0, 0.05) is 23.2 Å². The first-order chi connectivity index (χ1) is 16.1. The summed E-state index contributed by atoms with van der Waals surface area (Å²) >= 11 is 1.30. The van der Waals surface area contributed by atoms with Gasteiger partial charge in [0.1, 0.15) is 29.7 Å². The number of imidazole rings is 1. The van der Waals surface area contributed by atoms with Gasteiger partial charge in [0.2, 0.25) is 0 Å². The van der Waals surface area contributed by atoms with Crippen molar-refractivity contribution in [1.29, 1.82) is 0 Å². The lowest BCUT2D eigenvalue weighted by molar-refractivity contribution is 0.236. The fraction of sp³-hybridized carbons (Fsp3) is 0.120. The minimum Gasteiger partial charge on any atom is -0.486 e. The number of nitrogens with zero attached hydrogens (tertiary/aromatic N) is 2. The summed E-state index contributed by atoms with van der Waals surface area (Å²) in [5, 5.41) is 0. The van der Waals surface area contributed by atoms with Crippen molar-refractivity contribution in [3.05, 3.63) is 90.9 Å². The molecule has 7 nitrogen and oxygen atoms in total. The van der Waals surface area contributed by atoms with E-state index in [0.29, 0.717) is 18.9 Å². The average molecular weight is 461 g/mol. The first-order valence-electron chi connectivity index (χ1n) is 10.5. The molecule has 33 heavy (non-hydrogen) atoms. The highest BCUT2D eigenvalue weighted by molar-refractivity contribution is 7.97. The molecule has 0 aliphatic carbocycles. The zero-order chi connectivity index (χ0) is 23.0. The molecular weight excluding hydrogens is 436 g/mol. The Morgan fingerprint density at radius 3 is 2.27 bits per heavy atom. The molecule has 3 aromatic carbocycles. The van der Waals surface area contributed by atoms with Gasteiger partial charge < -0.3 is 20.2 Å². The number of benzene rings is 3. The average Bonchev–Trinajstić information content (AvgIpc) is 3.32. The Morgan fingerprint density at radius 2 is 1.64 bits per heavy atom. The van der Waals surface area contributed by atoms with Crippen LogP contribution in [0.15, 0.2) is 90.0 Å². The first kappa shape index (κ1) is 22.3. The van der Waals surface area contributed by atoms with Gasteiger partial charge in [-0.05, 0) is 79.5 Å². The monoisotopic (exact) mass is 460 g/mol. The lowest BCUT2D eigenvalue weighted by Gasteiger charge is -2.16. The Bertz CT molecular complexity index is 1180. The van der Waals surface area contributed by atoms with E-state index in [-0.39, 0.29) is 0 Å². The van der Waals surface area contributed by atoms with Gasteiger partial charge in [-0.25, -0.2) is 9.78 Å². The molecule has 3 N–H and O–H groups in total. The van der Waals surface area contributed by atoms with Gasteiger partial charge in [0.15, 0.2) is 0 Å². The van der Waals surface area contributed by atoms with Gasteiger partial charge in [-0.2, -0.15) is 0 Å². The Hall–Kier alpha value is -3.91. The maximum absolute atomic E-state index is 11.4. The van der Waals surface area contributed by atoms with Gasteiger partial charge in [0.25, 0.3) is 0 Å². The zero-order valence-electron chi connectivity index (χ0n) is 18.1. The number of amides is 2. The number of hydrogen-bond donors (Lipinski definition) is 2. The number of para-hydroxylation sites is 1. The lowest BCUT2D eigenvalue weighted by Crippen LogP contribution is -2.29. The smallest absolute Gasteiger partial charge is 0.325 e. The SMILES string of the molecule is CCN(Sc1ccc(Oc2ccc(-c3c[nH]c(COc4ccccc4)n3)cc2)cc1)C(N)=O. The number of urea groups is 1. The molecule has 4 aromatic rings. The summed E-state index contributed by atoms with van der Waals surface area (Å²) < 4.78 is 13.2. The molecule has 2 amide bonds. The van der Waals surface area contributed by atoms with E-state index in [2.05, 4.69) is 9.97 Å². The molecule has 0 atom stereocenters. The summed E-state index contributed by atoms with van der Waals surface area (Å²) in [7, 11) is 0. The van der Waals surface area contributed by atoms with Crippen LogP contribution < -0.4 is 15.2 Å². The molecule has 0 bridgehead atoms. The number of H-pyrrole nitrogens is 1. The molecule has 0 saturated heterocycles. The molecule has 0 radical (unpaired) electrons. The maximum atomic E-state index is 11.4. The van der Waals surface area contributed by atoms with Crippen LogP contribution in [0.2, 0.25) is 0 Å². The quantitative estimate of drug-likeness (QED) is 0.305. The maximum Gasteiger partial charge on any atom is 0.325 e. The molecule has 0 fully saturated rings. The van der Waals surface area contributed by atoms with E-state index in [4.69, 9.17) is 15.2 Å². The van der Waals surface area contributed by atoms with E-state index in [0.717, 1.165) is 33.5 Å². The summed E-state index contributed by atoms with van der Waals surface area (Å²) in [4.78, 5) is 20.0. The summed E-state index contributed by atoms with van der Waals surface area (Å²) in [6, 6.07) is 24.4.